The zero-order valence-electron chi connectivity index (χ0n) is 31.4. The molecule has 4 rings (SSSR count). The minimum absolute atomic E-state index is 0.0492. The van der Waals surface area contributed by atoms with Crippen molar-refractivity contribution in [3.05, 3.63) is 12.7 Å². The lowest BCUT2D eigenvalue weighted by Crippen LogP contribution is -2.64. The van der Waals surface area contributed by atoms with Gasteiger partial charge in [0, 0.05) is 19.5 Å². The number of nitrogens with one attached hydrogen (secondary N) is 4. The Morgan fingerprint density at radius 3 is 2.12 bits per heavy atom. The summed E-state index contributed by atoms with van der Waals surface area (Å²) in [7, 11) is -3.58. The molecule has 1 heterocycles. The van der Waals surface area contributed by atoms with Crippen molar-refractivity contribution in [2.24, 2.45) is 22.7 Å². The molecule has 4 aliphatic rings. The number of rotatable bonds is 13. The highest BCUT2D eigenvalue weighted by molar-refractivity contribution is 7.92. The molecule has 0 bridgehead atoms. The molecule has 0 aromatic rings. The first-order valence-corrected chi connectivity index (χ1v) is 20.2. The number of carbonyl (C=O) groups is 5. The van der Waals surface area contributed by atoms with E-state index in [1.807, 2.05) is 20.8 Å². The monoisotopic (exact) mass is 729 g/mol. The van der Waals surface area contributed by atoms with Gasteiger partial charge in [-0.1, -0.05) is 59.0 Å². The van der Waals surface area contributed by atoms with Crippen LogP contribution in [0.25, 0.3) is 0 Å². The molecule has 1 spiro atoms. The van der Waals surface area contributed by atoms with Crippen molar-refractivity contribution >= 4 is 39.4 Å². The maximum absolute atomic E-state index is 14.6. The van der Waals surface area contributed by atoms with Gasteiger partial charge >= 0.3 is 6.03 Å². The number of Topliss-reactive ketones (excluding diaryl/α,β-unsaturated/α-hetero) is 1. The number of nitrogens with zero attached hydrogens (tertiary/aromatic N) is 1. The Hall–Kier alpha value is -3.40. The highest BCUT2D eigenvalue weighted by Crippen LogP contribution is 2.72. The third-order valence-corrected chi connectivity index (χ3v) is 14.5. The number of terminal acetylenes is 1. The highest BCUT2D eigenvalue weighted by Gasteiger charge is 2.74. The molecule has 3 aliphatic carbocycles. The van der Waals surface area contributed by atoms with Gasteiger partial charge in [-0.25, -0.2) is 13.2 Å². The Labute approximate surface area is 304 Å². The molecule has 0 aromatic heterocycles. The molecule has 5 atom stereocenters. The van der Waals surface area contributed by atoms with E-state index in [1.54, 1.807) is 25.7 Å². The second kappa shape index (κ2) is 15.3. The van der Waals surface area contributed by atoms with E-state index >= 15 is 0 Å². The van der Waals surface area contributed by atoms with E-state index in [9.17, 15) is 32.4 Å². The van der Waals surface area contributed by atoms with Crippen molar-refractivity contribution in [1.29, 1.82) is 0 Å². The van der Waals surface area contributed by atoms with Crippen molar-refractivity contribution in [2.75, 3.05) is 18.8 Å². The fourth-order valence-electron chi connectivity index (χ4n) is 8.73. The molecule has 4 fully saturated rings. The molecule has 2 unspecified atom stereocenters. The van der Waals surface area contributed by atoms with E-state index in [0.29, 0.717) is 19.4 Å². The molecule has 1 saturated heterocycles. The van der Waals surface area contributed by atoms with Gasteiger partial charge in [0.25, 0.3) is 5.91 Å². The van der Waals surface area contributed by atoms with Crippen LogP contribution in [0, 0.1) is 35.0 Å². The third-order valence-electron chi connectivity index (χ3n) is 11.7. The second-order valence-corrected chi connectivity index (χ2v) is 20.0. The number of urea groups is 1. The van der Waals surface area contributed by atoms with Gasteiger partial charge in [0.05, 0.1) is 22.1 Å². The third kappa shape index (κ3) is 8.64. The molecule has 284 valence electrons. The average Bonchev–Trinajstić information content (AvgIpc) is 3.35. The quantitative estimate of drug-likeness (QED) is 0.128. The van der Waals surface area contributed by atoms with Crippen LogP contribution in [0.15, 0.2) is 12.7 Å². The summed E-state index contributed by atoms with van der Waals surface area (Å²) in [4.78, 5) is 70.0. The minimum atomic E-state index is -3.58. The molecular formula is C38H59N5O7S. The number of amides is 5. The summed E-state index contributed by atoms with van der Waals surface area (Å²) in [6, 6.07) is -3.74. The maximum Gasteiger partial charge on any atom is 0.315 e. The smallest absolute Gasteiger partial charge is 0.315 e. The van der Waals surface area contributed by atoms with E-state index in [-0.39, 0.29) is 42.4 Å². The second-order valence-electron chi connectivity index (χ2n) is 17.3. The van der Waals surface area contributed by atoms with Crippen LogP contribution in [0.1, 0.15) is 112 Å². The molecule has 13 heteroatoms. The summed E-state index contributed by atoms with van der Waals surface area (Å²) in [5, 5.41) is 11.2. The molecule has 3 saturated carbocycles. The first-order valence-electron chi connectivity index (χ1n) is 18.5. The van der Waals surface area contributed by atoms with Gasteiger partial charge in [0.2, 0.25) is 17.6 Å². The van der Waals surface area contributed by atoms with E-state index < -0.39 is 73.2 Å². The Morgan fingerprint density at radius 1 is 0.961 bits per heavy atom. The molecule has 12 nitrogen and oxygen atoms in total. The predicted molar refractivity (Wildman–Crippen MR) is 196 cm³/mol. The molecule has 4 N–H and O–H groups in total. The zero-order chi connectivity index (χ0) is 38.0. The lowest BCUT2D eigenvalue weighted by Gasteiger charge is -2.41. The molecule has 1 aliphatic heterocycles. The fourth-order valence-corrected chi connectivity index (χ4v) is 10.3. The van der Waals surface area contributed by atoms with Gasteiger partial charge in [-0.2, -0.15) is 0 Å². The number of carbonyl (C=O) groups excluding carboxylic acids is 5. The van der Waals surface area contributed by atoms with Crippen molar-refractivity contribution in [3.8, 4) is 12.3 Å². The van der Waals surface area contributed by atoms with Crippen LogP contribution in [0.5, 0.6) is 0 Å². The van der Waals surface area contributed by atoms with Gasteiger partial charge in [-0.05, 0) is 75.5 Å². The SMILES string of the molecule is C#CCCC(NC(=O)[C@@H]1C2[C@H](CN1C(=O)[C@@H](NC(=O)NC1(CS(=O)(=O)C(C)(C)C)CCCCC1)C(C)(C)C)C21CCCC1)C(=O)C(=O)NCC=C. The number of hydrogen-bond acceptors (Lipinski definition) is 7. The topological polar surface area (TPSA) is 171 Å². The first kappa shape index (κ1) is 40.4. The van der Waals surface area contributed by atoms with Crippen LogP contribution in [0.3, 0.4) is 0 Å². The zero-order valence-corrected chi connectivity index (χ0v) is 32.2. The molecule has 0 aromatic carbocycles. The number of ketones is 1. The summed E-state index contributed by atoms with van der Waals surface area (Å²) >= 11 is 0. The highest BCUT2D eigenvalue weighted by atomic mass is 32.2. The maximum atomic E-state index is 14.6. The van der Waals surface area contributed by atoms with E-state index in [0.717, 1.165) is 44.9 Å². The number of fused-ring (bicyclic) bond motifs is 3. The molecule has 0 radical (unpaired) electrons. The summed E-state index contributed by atoms with van der Waals surface area (Å²) < 4.78 is 25.7. The standard InChI is InChI=1S/C38H59N5O7S/c1-9-11-17-26(29(44)32(46)39-22-10-2)40-31(45)28-27-25(38(27)20-15-16-21-38)23-43(28)33(47)30(35(3,4)5)41-34(48)42-37(18-13-12-14-19-37)24-51(49,50)36(6,7)8/h1,10,25-28,30H,2,11-24H2,3-8H3,(H,39,46)(H,40,45)(H2,41,42,48)/t25-,26?,27?,28-,30+/m0/s1. The van der Waals surface area contributed by atoms with Gasteiger partial charge in [0.1, 0.15) is 12.1 Å². The van der Waals surface area contributed by atoms with Crippen LogP contribution in [-0.4, -0.2) is 90.1 Å². The Kier molecular flexibility index (Phi) is 12.1. The summed E-state index contributed by atoms with van der Waals surface area (Å²) in [6.45, 7) is 14.4. The molecule has 51 heavy (non-hydrogen) atoms. The lowest BCUT2D eigenvalue weighted by atomic mass is 9.83. The van der Waals surface area contributed by atoms with Gasteiger partial charge in [-0.15, -0.1) is 18.9 Å². The van der Waals surface area contributed by atoms with Crippen molar-refractivity contribution in [3.63, 3.8) is 0 Å². The Balaban J connectivity index is 1.59. The van der Waals surface area contributed by atoms with Crippen molar-refractivity contribution < 1.29 is 32.4 Å². The molecule has 5 amide bonds. The van der Waals surface area contributed by atoms with Gasteiger partial charge in [-0.3, -0.25) is 19.2 Å². The van der Waals surface area contributed by atoms with Crippen molar-refractivity contribution in [2.45, 2.75) is 141 Å². The first-order chi connectivity index (χ1) is 23.7. The van der Waals surface area contributed by atoms with Crippen LogP contribution in [-0.2, 0) is 29.0 Å². The van der Waals surface area contributed by atoms with Crippen LogP contribution in [0.2, 0.25) is 0 Å². The Morgan fingerprint density at radius 2 is 1.57 bits per heavy atom. The summed E-state index contributed by atoms with van der Waals surface area (Å²) in [6.07, 6.45) is 14.6. The van der Waals surface area contributed by atoms with E-state index in [1.165, 1.54) is 6.08 Å². The number of likely N-dealkylation sites (tertiary alicyclic amines) is 1. The van der Waals surface area contributed by atoms with E-state index in [2.05, 4.69) is 33.8 Å². The van der Waals surface area contributed by atoms with Gasteiger partial charge in [0.15, 0.2) is 9.84 Å². The Bertz CT molecular complexity index is 1520. The van der Waals surface area contributed by atoms with Crippen LogP contribution < -0.4 is 21.3 Å². The number of piperidine rings is 1. The van der Waals surface area contributed by atoms with E-state index in [4.69, 9.17) is 6.42 Å². The predicted octanol–water partition coefficient (Wildman–Crippen LogP) is 3.40. The summed E-state index contributed by atoms with van der Waals surface area (Å²) in [5.74, 6) is -0.351. The van der Waals surface area contributed by atoms with Crippen molar-refractivity contribution in [1.82, 2.24) is 26.2 Å². The van der Waals surface area contributed by atoms with Crippen LogP contribution >= 0.6 is 0 Å². The average molecular weight is 730 g/mol. The molecular weight excluding hydrogens is 671 g/mol. The van der Waals surface area contributed by atoms with Crippen LogP contribution in [0.4, 0.5) is 4.79 Å². The largest absolute Gasteiger partial charge is 0.346 e. The van der Waals surface area contributed by atoms with Gasteiger partial charge < -0.3 is 26.2 Å². The minimum Gasteiger partial charge on any atom is -0.346 e. The normalized spacial score (nSPS) is 24.7. The summed E-state index contributed by atoms with van der Waals surface area (Å²) in [5.41, 5.74) is -1.80. The lowest BCUT2D eigenvalue weighted by molar-refractivity contribution is -0.145. The number of hydrogen-bond donors (Lipinski definition) is 4. The number of sulfone groups is 1. The fraction of sp³-hybridized carbons (Fsp3) is 0.763.